The van der Waals surface area contributed by atoms with Gasteiger partial charge in [0.15, 0.2) is 6.10 Å². The highest BCUT2D eigenvalue weighted by atomic mass is 32.2. The Labute approximate surface area is 165 Å². The number of carbonyl (C=O) groups excluding carboxylic acids is 1. The standard InChI is InChI=1S/C20H24N2O5S/c1-16(20(23)21-15-17-5-3-2-4-6-17)27-18-7-9-19(10-8-18)28(24,25)22-11-13-26-14-12-22/h2-10,16H,11-15H2,1H3,(H,21,23)/t16-/m1/s1. The lowest BCUT2D eigenvalue weighted by atomic mass is 10.2. The van der Waals surface area contributed by atoms with Crippen molar-refractivity contribution in [3.63, 3.8) is 0 Å². The normalized spacial score (nSPS) is 16.3. The molecule has 1 atom stereocenters. The van der Waals surface area contributed by atoms with E-state index in [2.05, 4.69) is 5.32 Å². The van der Waals surface area contributed by atoms with E-state index >= 15 is 0 Å². The van der Waals surface area contributed by atoms with Crippen molar-refractivity contribution in [1.29, 1.82) is 0 Å². The van der Waals surface area contributed by atoms with Crippen LogP contribution in [0.3, 0.4) is 0 Å². The summed E-state index contributed by atoms with van der Waals surface area (Å²) in [6.45, 7) is 3.56. The number of hydrogen-bond donors (Lipinski definition) is 1. The largest absolute Gasteiger partial charge is 0.481 e. The van der Waals surface area contributed by atoms with Crippen LogP contribution in [0.25, 0.3) is 0 Å². The van der Waals surface area contributed by atoms with Crippen LogP contribution < -0.4 is 10.1 Å². The molecule has 0 bridgehead atoms. The van der Waals surface area contributed by atoms with Crippen LogP contribution in [0.15, 0.2) is 59.5 Å². The van der Waals surface area contributed by atoms with Gasteiger partial charge in [-0.15, -0.1) is 0 Å². The number of amides is 1. The van der Waals surface area contributed by atoms with Gasteiger partial charge in [-0.25, -0.2) is 8.42 Å². The average Bonchev–Trinajstić information content (AvgIpc) is 2.73. The van der Waals surface area contributed by atoms with Gasteiger partial charge in [-0.05, 0) is 36.8 Å². The molecule has 2 aromatic carbocycles. The Morgan fingerprint density at radius 3 is 2.39 bits per heavy atom. The number of ether oxygens (including phenoxy) is 2. The van der Waals surface area contributed by atoms with Gasteiger partial charge >= 0.3 is 0 Å². The molecule has 8 heteroatoms. The Hall–Kier alpha value is -2.42. The van der Waals surface area contributed by atoms with Crippen LogP contribution in [-0.4, -0.2) is 51.0 Å². The van der Waals surface area contributed by atoms with Crippen molar-refractivity contribution < 1.29 is 22.7 Å². The van der Waals surface area contributed by atoms with E-state index in [9.17, 15) is 13.2 Å². The Kier molecular flexibility index (Phi) is 6.66. The molecule has 0 saturated carbocycles. The molecule has 7 nitrogen and oxygen atoms in total. The van der Waals surface area contributed by atoms with E-state index in [0.29, 0.717) is 38.6 Å². The van der Waals surface area contributed by atoms with E-state index < -0.39 is 16.1 Å². The minimum atomic E-state index is -3.54. The second kappa shape index (κ2) is 9.18. The van der Waals surface area contributed by atoms with Gasteiger partial charge in [-0.1, -0.05) is 30.3 Å². The number of morpholine rings is 1. The average molecular weight is 404 g/mol. The zero-order chi connectivity index (χ0) is 20.0. The molecule has 1 aliphatic rings. The van der Waals surface area contributed by atoms with Gasteiger partial charge in [0.1, 0.15) is 5.75 Å². The van der Waals surface area contributed by atoms with Crippen LogP contribution in [0.1, 0.15) is 12.5 Å². The molecule has 0 radical (unpaired) electrons. The summed E-state index contributed by atoms with van der Waals surface area (Å²) in [7, 11) is -3.54. The number of carbonyl (C=O) groups is 1. The first-order valence-electron chi connectivity index (χ1n) is 9.13. The molecule has 28 heavy (non-hydrogen) atoms. The molecule has 0 spiro atoms. The summed E-state index contributed by atoms with van der Waals surface area (Å²) in [6.07, 6.45) is -0.703. The van der Waals surface area contributed by atoms with E-state index in [-0.39, 0.29) is 10.8 Å². The third kappa shape index (κ3) is 5.09. The molecule has 2 aromatic rings. The van der Waals surface area contributed by atoms with Gasteiger partial charge in [0.2, 0.25) is 10.0 Å². The van der Waals surface area contributed by atoms with Gasteiger partial charge in [0.25, 0.3) is 5.91 Å². The lowest BCUT2D eigenvalue weighted by Crippen LogP contribution is -2.40. The summed E-state index contributed by atoms with van der Waals surface area (Å²) >= 11 is 0. The first kappa shape index (κ1) is 20.3. The number of sulfonamides is 1. The molecule has 150 valence electrons. The number of nitrogens with zero attached hydrogens (tertiary/aromatic N) is 1. The molecular formula is C20H24N2O5S. The molecule has 1 fully saturated rings. The monoisotopic (exact) mass is 404 g/mol. The molecule has 0 aliphatic carbocycles. The third-order valence-electron chi connectivity index (χ3n) is 4.42. The molecule has 0 aromatic heterocycles. The van der Waals surface area contributed by atoms with Crippen molar-refractivity contribution in [3.05, 3.63) is 60.2 Å². The highest BCUT2D eigenvalue weighted by molar-refractivity contribution is 7.89. The molecule has 1 saturated heterocycles. The number of nitrogens with one attached hydrogen (secondary N) is 1. The van der Waals surface area contributed by atoms with E-state index in [0.717, 1.165) is 5.56 Å². The molecule has 3 rings (SSSR count). The quantitative estimate of drug-likeness (QED) is 0.761. The summed E-state index contributed by atoms with van der Waals surface area (Å²) in [5, 5.41) is 2.82. The van der Waals surface area contributed by atoms with Crippen LogP contribution in [0.5, 0.6) is 5.75 Å². The highest BCUT2D eigenvalue weighted by Crippen LogP contribution is 2.21. The van der Waals surface area contributed by atoms with Gasteiger partial charge in [-0.3, -0.25) is 4.79 Å². The van der Waals surface area contributed by atoms with Crippen molar-refractivity contribution in [2.24, 2.45) is 0 Å². The number of hydrogen-bond acceptors (Lipinski definition) is 5. The van der Waals surface area contributed by atoms with Gasteiger partial charge in [-0.2, -0.15) is 4.31 Å². The Bertz CT molecular complexity index is 879. The van der Waals surface area contributed by atoms with E-state index in [1.165, 1.54) is 16.4 Å². The van der Waals surface area contributed by atoms with Crippen LogP contribution >= 0.6 is 0 Å². The first-order valence-corrected chi connectivity index (χ1v) is 10.6. The fourth-order valence-electron chi connectivity index (χ4n) is 2.81. The Morgan fingerprint density at radius 2 is 1.75 bits per heavy atom. The van der Waals surface area contributed by atoms with Crippen molar-refractivity contribution in [2.45, 2.75) is 24.5 Å². The van der Waals surface area contributed by atoms with E-state index in [1.54, 1.807) is 19.1 Å². The van der Waals surface area contributed by atoms with Crippen molar-refractivity contribution in [3.8, 4) is 5.75 Å². The highest BCUT2D eigenvalue weighted by Gasteiger charge is 2.26. The minimum Gasteiger partial charge on any atom is -0.481 e. The van der Waals surface area contributed by atoms with Crippen LogP contribution in [-0.2, 0) is 26.1 Å². The number of benzene rings is 2. The fraction of sp³-hybridized carbons (Fsp3) is 0.350. The summed E-state index contributed by atoms with van der Waals surface area (Å²) in [5.74, 6) is 0.192. The van der Waals surface area contributed by atoms with Crippen LogP contribution in [0.2, 0.25) is 0 Å². The Morgan fingerprint density at radius 1 is 1.11 bits per heavy atom. The van der Waals surface area contributed by atoms with Crippen molar-refractivity contribution in [2.75, 3.05) is 26.3 Å². The summed E-state index contributed by atoms with van der Waals surface area (Å²) in [5.41, 5.74) is 1.00. The molecular weight excluding hydrogens is 380 g/mol. The van der Waals surface area contributed by atoms with E-state index in [1.807, 2.05) is 30.3 Å². The van der Waals surface area contributed by atoms with Gasteiger partial charge in [0.05, 0.1) is 18.1 Å². The second-order valence-electron chi connectivity index (χ2n) is 6.45. The molecule has 1 heterocycles. The van der Waals surface area contributed by atoms with Gasteiger partial charge < -0.3 is 14.8 Å². The fourth-order valence-corrected chi connectivity index (χ4v) is 4.22. The van der Waals surface area contributed by atoms with Crippen LogP contribution in [0, 0.1) is 0 Å². The SMILES string of the molecule is C[C@@H](Oc1ccc(S(=O)(=O)N2CCOCC2)cc1)C(=O)NCc1ccccc1. The predicted octanol–water partition coefficient (Wildman–Crippen LogP) is 1.79. The van der Waals surface area contributed by atoms with Crippen molar-refractivity contribution in [1.82, 2.24) is 9.62 Å². The van der Waals surface area contributed by atoms with Gasteiger partial charge in [0, 0.05) is 19.6 Å². The van der Waals surface area contributed by atoms with Crippen molar-refractivity contribution >= 4 is 15.9 Å². The molecule has 1 amide bonds. The molecule has 0 unspecified atom stereocenters. The number of rotatable bonds is 7. The summed E-state index contributed by atoms with van der Waals surface area (Å²) < 4.78 is 37.5. The third-order valence-corrected chi connectivity index (χ3v) is 6.34. The zero-order valence-corrected chi connectivity index (χ0v) is 16.5. The molecule has 1 N–H and O–H groups in total. The summed E-state index contributed by atoms with van der Waals surface area (Å²) in [6, 6.07) is 15.7. The molecule has 1 aliphatic heterocycles. The lowest BCUT2D eigenvalue weighted by Gasteiger charge is -2.26. The van der Waals surface area contributed by atoms with Crippen LogP contribution in [0.4, 0.5) is 0 Å². The summed E-state index contributed by atoms with van der Waals surface area (Å²) in [4.78, 5) is 12.4. The Balaban J connectivity index is 1.56. The maximum Gasteiger partial charge on any atom is 0.261 e. The van der Waals surface area contributed by atoms with E-state index in [4.69, 9.17) is 9.47 Å². The topological polar surface area (TPSA) is 84.9 Å². The first-order chi connectivity index (χ1) is 13.5. The minimum absolute atomic E-state index is 0.197. The lowest BCUT2D eigenvalue weighted by molar-refractivity contribution is -0.127. The predicted molar refractivity (Wildman–Crippen MR) is 104 cm³/mol. The zero-order valence-electron chi connectivity index (χ0n) is 15.7. The maximum absolute atomic E-state index is 12.6. The maximum atomic E-state index is 12.6. The smallest absolute Gasteiger partial charge is 0.261 e. The second-order valence-corrected chi connectivity index (χ2v) is 8.39.